The molecule has 1 fully saturated rings. The van der Waals surface area contributed by atoms with Gasteiger partial charge in [-0.15, -0.1) is 0 Å². The van der Waals surface area contributed by atoms with Gasteiger partial charge in [-0.1, -0.05) is 30.8 Å². The Balaban J connectivity index is 1.60. The van der Waals surface area contributed by atoms with E-state index in [1.54, 1.807) is 0 Å². The van der Waals surface area contributed by atoms with Crippen molar-refractivity contribution in [2.45, 2.75) is 65.0 Å². The van der Waals surface area contributed by atoms with Crippen LogP contribution in [0.1, 0.15) is 65.9 Å². The van der Waals surface area contributed by atoms with Crippen molar-refractivity contribution in [2.75, 3.05) is 7.05 Å². The van der Waals surface area contributed by atoms with E-state index in [4.69, 9.17) is 9.26 Å². The summed E-state index contributed by atoms with van der Waals surface area (Å²) < 4.78 is 11.0. The van der Waals surface area contributed by atoms with Crippen LogP contribution in [0.3, 0.4) is 0 Å². The van der Waals surface area contributed by atoms with E-state index in [1.165, 1.54) is 25.7 Å². The summed E-state index contributed by atoms with van der Waals surface area (Å²) in [6, 6.07) is 7.76. The summed E-state index contributed by atoms with van der Waals surface area (Å²) >= 11 is 0. The molecule has 0 atom stereocenters. The van der Waals surface area contributed by atoms with E-state index in [0.717, 1.165) is 35.6 Å². The zero-order chi connectivity index (χ0) is 18.5. The van der Waals surface area contributed by atoms with E-state index in [2.05, 4.69) is 5.16 Å². The van der Waals surface area contributed by atoms with Crippen molar-refractivity contribution in [3.8, 4) is 5.75 Å². The molecule has 1 aromatic carbocycles. The van der Waals surface area contributed by atoms with E-state index in [0.29, 0.717) is 18.2 Å². The summed E-state index contributed by atoms with van der Waals surface area (Å²) in [5, 5.41) is 3.93. The summed E-state index contributed by atoms with van der Waals surface area (Å²) in [6.07, 6.45) is 7.24. The highest BCUT2D eigenvalue weighted by Crippen LogP contribution is 2.23. The van der Waals surface area contributed by atoms with Gasteiger partial charge in [0.2, 0.25) is 0 Å². The fourth-order valence-electron chi connectivity index (χ4n) is 3.57. The van der Waals surface area contributed by atoms with Gasteiger partial charge in [-0.05, 0) is 51.0 Å². The molecule has 3 rings (SSSR count). The van der Waals surface area contributed by atoms with Crippen molar-refractivity contribution in [1.82, 2.24) is 10.1 Å². The molecule has 26 heavy (non-hydrogen) atoms. The second kappa shape index (κ2) is 8.39. The lowest BCUT2D eigenvalue weighted by molar-refractivity contribution is 0.0717. The summed E-state index contributed by atoms with van der Waals surface area (Å²) in [7, 11) is 1.93. The standard InChI is InChI=1S/C21H28N2O3/c1-15-20(16(2)26-22-15)14-25-19-12-10-17(11-13-19)21(24)23(3)18-8-6-4-5-7-9-18/h10-13,18H,4-9,14H2,1-3H3. The van der Waals surface area contributed by atoms with Crippen LogP contribution in [0.5, 0.6) is 5.75 Å². The predicted octanol–water partition coefficient (Wildman–Crippen LogP) is 4.67. The van der Waals surface area contributed by atoms with Gasteiger partial charge in [-0.3, -0.25) is 4.79 Å². The fourth-order valence-corrected chi connectivity index (χ4v) is 3.57. The summed E-state index contributed by atoms with van der Waals surface area (Å²) in [5.74, 6) is 1.60. The lowest BCUT2D eigenvalue weighted by atomic mass is 10.1. The third kappa shape index (κ3) is 4.26. The van der Waals surface area contributed by atoms with Crippen LogP contribution in [0, 0.1) is 13.8 Å². The first-order valence-electron chi connectivity index (χ1n) is 9.48. The van der Waals surface area contributed by atoms with Gasteiger partial charge in [0, 0.05) is 18.7 Å². The molecule has 140 valence electrons. The number of carbonyl (C=O) groups is 1. The van der Waals surface area contributed by atoms with Gasteiger partial charge in [0.15, 0.2) is 0 Å². The number of hydrogen-bond donors (Lipinski definition) is 0. The number of nitrogens with zero attached hydrogens (tertiary/aromatic N) is 2. The van der Waals surface area contributed by atoms with Crippen molar-refractivity contribution in [1.29, 1.82) is 0 Å². The molecular weight excluding hydrogens is 328 g/mol. The quantitative estimate of drug-likeness (QED) is 0.731. The van der Waals surface area contributed by atoms with Crippen molar-refractivity contribution in [2.24, 2.45) is 0 Å². The van der Waals surface area contributed by atoms with Gasteiger partial charge in [-0.25, -0.2) is 0 Å². The normalized spacial score (nSPS) is 15.5. The minimum Gasteiger partial charge on any atom is -0.489 e. The van der Waals surface area contributed by atoms with Gasteiger partial charge in [-0.2, -0.15) is 0 Å². The Labute approximate surface area is 155 Å². The zero-order valence-corrected chi connectivity index (χ0v) is 16.0. The van der Waals surface area contributed by atoms with Crippen molar-refractivity contribution < 1.29 is 14.1 Å². The molecule has 0 spiro atoms. The average molecular weight is 356 g/mol. The highest BCUT2D eigenvalue weighted by molar-refractivity contribution is 5.94. The van der Waals surface area contributed by atoms with E-state index >= 15 is 0 Å². The molecule has 0 N–H and O–H groups in total. The molecule has 1 heterocycles. The van der Waals surface area contributed by atoms with E-state index in [1.807, 2.05) is 50.1 Å². The van der Waals surface area contributed by atoms with Crippen LogP contribution in [-0.2, 0) is 6.61 Å². The predicted molar refractivity (Wildman–Crippen MR) is 100 cm³/mol. The first-order chi connectivity index (χ1) is 12.6. The maximum atomic E-state index is 12.8. The number of aromatic nitrogens is 1. The molecule has 1 aliphatic carbocycles. The van der Waals surface area contributed by atoms with E-state index in [9.17, 15) is 4.79 Å². The molecule has 0 aliphatic heterocycles. The summed E-state index contributed by atoms with van der Waals surface area (Å²) in [6.45, 7) is 4.19. The molecule has 2 aromatic rings. The fraction of sp³-hybridized carbons (Fsp3) is 0.524. The van der Waals surface area contributed by atoms with Gasteiger partial charge >= 0.3 is 0 Å². The highest BCUT2D eigenvalue weighted by Gasteiger charge is 2.22. The number of ether oxygens (including phenoxy) is 1. The maximum Gasteiger partial charge on any atom is 0.253 e. The van der Waals surface area contributed by atoms with Crippen LogP contribution in [0.2, 0.25) is 0 Å². The van der Waals surface area contributed by atoms with Gasteiger partial charge in [0.25, 0.3) is 5.91 Å². The lowest BCUT2D eigenvalue weighted by Crippen LogP contribution is -2.36. The first kappa shape index (κ1) is 18.5. The van der Waals surface area contributed by atoms with Gasteiger partial charge in [0.1, 0.15) is 18.1 Å². The largest absolute Gasteiger partial charge is 0.489 e. The Hall–Kier alpha value is -2.30. The van der Waals surface area contributed by atoms with Crippen molar-refractivity contribution in [3.05, 3.63) is 46.8 Å². The van der Waals surface area contributed by atoms with E-state index < -0.39 is 0 Å². The molecule has 1 aliphatic rings. The molecular formula is C21H28N2O3. The monoisotopic (exact) mass is 356 g/mol. The van der Waals surface area contributed by atoms with Crippen LogP contribution < -0.4 is 4.74 Å². The average Bonchev–Trinajstić information content (AvgIpc) is 2.85. The number of aryl methyl sites for hydroxylation is 2. The minimum absolute atomic E-state index is 0.0918. The Morgan fingerprint density at radius 3 is 2.38 bits per heavy atom. The number of hydrogen-bond acceptors (Lipinski definition) is 4. The highest BCUT2D eigenvalue weighted by atomic mass is 16.5. The zero-order valence-electron chi connectivity index (χ0n) is 16.0. The lowest BCUT2D eigenvalue weighted by Gasteiger charge is -2.27. The number of carbonyl (C=O) groups excluding carboxylic acids is 1. The molecule has 0 bridgehead atoms. The van der Waals surface area contributed by atoms with Crippen LogP contribution in [0.4, 0.5) is 0 Å². The Bertz CT molecular complexity index is 709. The van der Waals surface area contributed by atoms with Gasteiger partial charge in [0.05, 0.1) is 11.3 Å². The molecule has 5 heteroatoms. The smallest absolute Gasteiger partial charge is 0.253 e. The number of rotatable bonds is 5. The molecule has 5 nitrogen and oxygen atoms in total. The minimum atomic E-state index is 0.0918. The Morgan fingerprint density at radius 2 is 1.81 bits per heavy atom. The molecule has 0 saturated heterocycles. The Kier molecular flexibility index (Phi) is 5.96. The number of amides is 1. The number of benzene rings is 1. The molecule has 1 aromatic heterocycles. The van der Waals surface area contributed by atoms with Crippen molar-refractivity contribution in [3.63, 3.8) is 0 Å². The second-order valence-corrected chi connectivity index (χ2v) is 7.18. The van der Waals surface area contributed by atoms with Gasteiger partial charge < -0.3 is 14.2 Å². The Morgan fingerprint density at radius 1 is 1.15 bits per heavy atom. The topological polar surface area (TPSA) is 55.6 Å². The second-order valence-electron chi connectivity index (χ2n) is 7.18. The third-order valence-electron chi connectivity index (χ3n) is 5.36. The SMILES string of the molecule is Cc1noc(C)c1COc1ccc(C(=O)N(C)C2CCCCCC2)cc1. The molecule has 0 unspecified atom stereocenters. The van der Waals surface area contributed by atoms with Crippen LogP contribution >= 0.6 is 0 Å². The van der Waals surface area contributed by atoms with Crippen LogP contribution in [0.25, 0.3) is 0 Å². The maximum absolute atomic E-state index is 12.8. The molecule has 0 radical (unpaired) electrons. The van der Waals surface area contributed by atoms with Crippen molar-refractivity contribution >= 4 is 5.91 Å². The molecule has 1 saturated carbocycles. The summed E-state index contributed by atoms with van der Waals surface area (Å²) in [4.78, 5) is 14.7. The first-order valence-corrected chi connectivity index (χ1v) is 9.48. The third-order valence-corrected chi connectivity index (χ3v) is 5.36. The van der Waals surface area contributed by atoms with Crippen LogP contribution in [0.15, 0.2) is 28.8 Å². The van der Waals surface area contributed by atoms with E-state index in [-0.39, 0.29) is 5.91 Å². The summed E-state index contributed by atoms with van der Waals surface area (Å²) in [5.41, 5.74) is 2.53. The van der Waals surface area contributed by atoms with Crippen LogP contribution in [-0.4, -0.2) is 29.1 Å². The molecule has 1 amide bonds.